The smallest absolute Gasteiger partial charge is 0.143 e. The molecule has 0 radical (unpaired) electrons. The zero-order chi connectivity index (χ0) is 13.9. The summed E-state index contributed by atoms with van der Waals surface area (Å²) in [5.41, 5.74) is 7.54. The highest BCUT2D eigenvalue weighted by molar-refractivity contribution is 9.10. The van der Waals surface area contributed by atoms with E-state index in [9.17, 15) is 4.79 Å². The molecule has 1 rings (SSSR count). The van der Waals surface area contributed by atoms with Gasteiger partial charge in [0.15, 0.2) is 0 Å². The number of Topliss-reactive ketones (excluding diaryl/α,β-unsaturated/α-hetero) is 1. The van der Waals surface area contributed by atoms with Gasteiger partial charge < -0.3 is 5.73 Å². The quantitative estimate of drug-likeness (QED) is 0.875. The Morgan fingerprint density at radius 3 is 2.50 bits per heavy atom. The van der Waals surface area contributed by atoms with Crippen molar-refractivity contribution in [3.63, 3.8) is 0 Å². The number of hydrogen-bond acceptors (Lipinski definition) is 3. The Labute approximate surface area is 117 Å². The lowest BCUT2D eigenvalue weighted by molar-refractivity contribution is -0.122. The van der Waals surface area contributed by atoms with Gasteiger partial charge in [-0.3, -0.25) is 9.48 Å². The van der Waals surface area contributed by atoms with Crippen molar-refractivity contribution in [3.05, 3.63) is 15.9 Å². The minimum Gasteiger partial charge on any atom is -0.330 e. The van der Waals surface area contributed by atoms with Crippen molar-refractivity contribution >= 4 is 21.7 Å². The first-order valence-electron chi connectivity index (χ1n) is 6.27. The average molecular weight is 316 g/mol. The number of hydrogen-bond donors (Lipinski definition) is 1. The number of carbonyl (C=O) groups excluding carboxylic acids is 1. The third-order valence-electron chi connectivity index (χ3n) is 3.10. The summed E-state index contributed by atoms with van der Waals surface area (Å²) in [6.07, 6.45) is 1.25. The van der Waals surface area contributed by atoms with Crippen LogP contribution < -0.4 is 5.73 Å². The molecule has 0 amide bonds. The van der Waals surface area contributed by atoms with Crippen molar-refractivity contribution in [3.8, 4) is 0 Å². The van der Waals surface area contributed by atoms with E-state index in [1.54, 1.807) is 4.68 Å². The van der Waals surface area contributed by atoms with E-state index in [1.165, 1.54) is 0 Å². The van der Waals surface area contributed by atoms with Gasteiger partial charge in [0.25, 0.3) is 0 Å². The van der Waals surface area contributed by atoms with Gasteiger partial charge in [-0.15, -0.1) is 0 Å². The van der Waals surface area contributed by atoms with Crippen molar-refractivity contribution in [2.45, 2.75) is 33.6 Å². The highest BCUT2D eigenvalue weighted by Crippen LogP contribution is 2.22. The van der Waals surface area contributed by atoms with Crippen LogP contribution in [0.25, 0.3) is 0 Å². The maximum atomic E-state index is 12.3. The summed E-state index contributed by atoms with van der Waals surface area (Å²) >= 11 is 3.48. The van der Waals surface area contributed by atoms with Gasteiger partial charge >= 0.3 is 0 Å². The second kappa shape index (κ2) is 6.48. The first-order valence-corrected chi connectivity index (χ1v) is 7.06. The van der Waals surface area contributed by atoms with Crippen LogP contribution >= 0.6 is 15.9 Å². The van der Waals surface area contributed by atoms with Gasteiger partial charge in [0, 0.05) is 25.9 Å². The van der Waals surface area contributed by atoms with Gasteiger partial charge in [0.1, 0.15) is 5.78 Å². The van der Waals surface area contributed by atoms with E-state index in [-0.39, 0.29) is 11.7 Å². The fourth-order valence-electron chi connectivity index (χ4n) is 2.11. The lowest BCUT2D eigenvalue weighted by Crippen LogP contribution is -2.27. The molecule has 1 aromatic heterocycles. The molecule has 18 heavy (non-hydrogen) atoms. The molecule has 0 saturated carbocycles. The van der Waals surface area contributed by atoms with E-state index >= 15 is 0 Å². The Balaban J connectivity index is 2.80. The molecule has 0 spiro atoms. The zero-order valence-corrected chi connectivity index (χ0v) is 13.1. The highest BCUT2D eigenvalue weighted by Gasteiger charge is 2.21. The van der Waals surface area contributed by atoms with Gasteiger partial charge in [-0.25, -0.2) is 0 Å². The number of halogens is 1. The Bertz CT molecular complexity index is 426. The number of aryl methyl sites for hydroxylation is 2. The van der Waals surface area contributed by atoms with Crippen LogP contribution in [0.2, 0.25) is 0 Å². The number of ketones is 1. The van der Waals surface area contributed by atoms with Crippen LogP contribution in [0.1, 0.15) is 31.7 Å². The fourth-order valence-corrected chi connectivity index (χ4v) is 2.59. The summed E-state index contributed by atoms with van der Waals surface area (Å²) in [7, 11) is 1.86. The summed E-state index contributed by atoms with van der Waals surface area (Å²) in [4.78, 5) is 12.3. The first kappa shape index (κ1) is 15.4. The molecule has 0 aliphatic carbocycles. The molecule has 1 heterocycles. The number of nitrogens with zero attached hydrogens (tertiary/aromatic N) is 2. The second-order valence-corrected chi connectivity index (χ2v) is 5.97. The molecule has 0 saturated heterocycles. The Kier molecular flexibility index (Phi) is 5.53. The summed E-state index contributed by atoms with van der Waals surface area (Å²) in [6.45, 7) is 6.57. The Hall–Kier alpha value is -0.680. The predicted molar refractivity (Wildman–Crippen MR) is 76.4 cm³/mol. The fraction of sp³-hybridized carbons (Fsp3) is 0.692. The van der Waals surface area contributed by atoms with E-state index in [0.29, 0.717) is 18.9 Å². The van der Waals surface area contributed by atoms with Gasteiger partial charge in [-0.05, 0) is 35.2 Å². The monoisotopic (exact) mass is 315 g/mol. The minimum atomic E-state index is -0.0490. The van der Waals surface area contributed by atoms with Gasteiger partial charge in [0.2, 0.25) is 0 Å². The van der Waals surface area contributed by atoms with Gasteiger partial charge in [-0.1, -0.05) is 13.8 Å². The maximum Gasteiger partial charge on any atom is 0.143 e. The van der Waals surface area contributed by atoms with Crippen LogP contribution in [-0.2, 0) is 18.3 Å². The minimum absolute atomic E-state index is 0.0490. The van der Waals surface area contributed by atoms with E-state index < -0.39 is 0 Å². The van der Waals surface area contributed by atoms with Crippen molar-refractivity contribution in [2.75, 3.05) is 6.54 Å². The standard InChI is InChI=1S/C13H22BrN3O/c1-8(2)5-10(7-15)12(18)6-11-13(14)9(3)16-17(11)4/h8,10H,5-7,15H2,1-4H3. The van der Waals surface area contributed by atoms with Crippen LogP contribution in [0.4, 0.5) is 0 Å². The van der Waals surface area contributed by atoms with Gasteiger partial charge in [0.05, 0.1) is 15.9 Å². The molecular weight excluding hydrogens is 294 g/mol. The van der Waals surface area contributed by atoms with Crippen molar-refractivity contribution < 1.29 is 4.79 Å². The molecule has 0 bridgehead atoms. The molecule has 0 aromatic carbocycles. The number of carbonyl (C=O) groups is 1. The van der Waals surface area contributed by atoms with E-state index in [1.807, 2.05) is 14.0 Å². The lowest BCUT2D eigenvalue weighted by atomic mass is 9.91. The average Bonchev–Trinajstić information content (AvgIpc) is 2.52. The van der Waals surface area contributed by atoms with Crippen molar-refractivity contribution in [1.82, 2.24) is 9.78 Å². The summed E-state index contributed by atoms with van der Waals surface area (Å²) < 4.78 is 2.69. The largest absolute Gasteiger partial charge is 0.330 e. The molecule has 2 N–H and O–H groups in total. The van der Waals surface area contributed by atoms with E-state index in [0.717, 1.165) is 22.3 Å². The number of nitrogens with two attached hydrogens (primary N) is 1. The Morgan fingerprint density at radius 1 is 1.50 bits per heavy atom. The summed E-state index contributed by atoms with van der Waals surface area (Å²) in [5.74, 6) is 0.640. The molecule has 1 unspecified atom stereocenters. The molecule has 1 atom stereocenters. The normalized spacial score (nSPS) is 13.1. The first-order chi connectivity index (χ1) is 8.36. The lowest BCUT2D eigenvalue weighted by Gasteiger charge is -2.16. The molecule has 4 nitrogen and oxygen atoms in total. The molecular formula is C13H22BrN3O. The molecule has 102 valence electrons. The molecule has 0 fully saturated rings. The molecule has 0 aliphatic heterocycles. The summed E-state index contributed by atoms with van der Waals surface area (Å²) in [6, 6.07) is 0. The summed E-state index contributed by atoms with van der Waals surface area (Å²) in [5, 5.41) is 4.30. The van der Waals surface area contributed by atoms with Crippen molar-refractivity contribution in [1.29, 1.82) is 0 Å². The topological polar surface area (TPSA) is 60.9 Å². The van der Waals surface area contributed by atoms with Crippen LogP contribution in [0.3, 0.4) is 0 Å². The van der Waals surface area contributed by atoms with Crippen LogP contribution in [-0.4, -0.2) is 22.1 Å². The van der Waals surface area contributed by atoms with Crippen molar-refractivity contribution in [2.24, 2.45) is 24.6 Å². The second-order valence-electron chi connectivity index (χ2n) is 5.17. The van der Waals surface area contributed by atoms with E-state index in [2.05, 4.69) is 34.9 Å². The molecule has 1 aromatic rings. The number of aromatic nitrogens is 2. The van der Waals surface area contributed by atoms with Crippen LogP contribution in [0.15, 0.2) is 4.47 Å². The number of rotatable bonds is 6. The molecule has 0 aliphatic rings. The molecule has 5 heteroatoms. The highest BCUT2D eigenvalue weighted by atomic mass is 79.9. The zero-order valence-electron chi connectivity index (χ0n) is 11.5. The Morgan fingerprint density at radius 2 is 2.11 bits per heavy atom. The van der Waals surface area contributed by atoms with E-state index in [4.69, 9.17) is 5.73 Å². The SMILES string of the molecule is Cc1nn(C)c(CC(=O)C(CN)CC(C)C)c1Br. The van der Waals surface area contributed by atoms with Gasteiger partial charge in [-0.2, -0.15) is 5.10 Å². The third kappa shape index (κ3) is 3.65. The van der Waals surface area contributed by atoms with Crippen LogP contribution in [0, 0.1) is 18.8 Å². The predicted octanol–water partition coefficient (Wildman–Crippen LogP) is 2.22. The third-order valence-corrected chi connectivity index (χ3v) is 4.13. The maximum absolute atomic E-state index is 12.3. The van der Waals surface area contributed by atoms with Crippen LogP contribution in [0.5, 0.6) is 0 Å².